The number of thiazole rings is 1. The molecule has 3 nitrogen and oxygen atoms in total. The van der Waals surface area contributed by atoms with E-state index in [1.54, 1.807) is 0 Å². The molecule has 96 valence electrons. The first-order chi connectivity index (χ1) is 8.38. The lowest BCUT2D eigenvalue weighted by molar-refractivity contribution is 0.0168. The molecule has 1 aromatic rings. The fourth-order valence-corrected chi connectivity index (χ4v) is 3.03. The minimum atomic E-state index is 0.409. The maximum atomic E-state index is 5.74. The number of hydrogen-bond acceptors (Lipinski definition) is 4. The Kier molecular flexibility index (Phi) is 5.42. The first-order valence-electron chi connectivity index (χ1n) is 6.64. The van der Waals surface area contributed by atoms with Crippen molar-refractivity contribution in [3.8, 4) is 0 Å². The predicted octanol–water partition coefficient (Wildman–Crippen LogP) is 2.75. The average Bonchev–Trinajstić information content (AvgIpc) is 2.79. The maximum Gasteiger partial charge on any atom is 0.0954 e. The summed E-state index contributed by atoms with van der Waals surface area (Å²) in [4.78, 5) is 5.82. The van der Waals surface area contributed by atoms with Crippen molar-refractivity contribution < 1.29 is 4.74 Å². The van der Waals surface area contributed by atoms with E-state index in [0.29, 0.717) is 6.10 Å². The lowest BCUT2D eigenvalue weighted by atomic mass is 10.1. The molecule has 1 fully saturated rings. The van der Waals surface area contributed by atoms with E-state index in [9.17, 15) is 0 Å². The van der Waals surface area contributed by atoms with Crippen LogP contribution in [0.4, 0.5) is 0 Å². The first kappa shape index (κ1) is 13.0. The third kappa shape index (κ3) is 4.37. The molecular weight excluding hydrogens is 232 g/mol. The van der Waals surface area contributed by atoms with E-state index in [1.807, 2.05) is 17.5 Å². The van der Waals surface area contributed by atoms with E-state index in [-0.39, 0.29) is 0 Å². The van der Waals surface area contributed by atoms with Crippen LogP contribution in [-0.2, 0) is 17.7 Å². The molecule has 17 heavy (non-hydrogen) atoms. The molecule has 1 unspecified atom stereocenters. The van der Waals surface area contributed by atoms with Crippen molar-refractivity contribution in [1.82, 2.24) is 10.3 Å². The third-order valence-electron chi connectivity index (χ3n) is 3.00. The summed E-state index contributed by atoms with van der Waals surface area (Å²) in [6, 6.07) is 0. The van der Waals surface area contributed by atoms with Crippen molar-refractivity contribution in [3.63, 3.8) is 0 Å². The summed E-state index contributed by atoms with van der Waals surface area (Å²) < 4.78 is 5.74. The normalized spacial score (nSPS) is 20.6. The van der Waals surface area contributed by atoms with Gasteiger partial charge in [-0.05, 0) is 32.2 Å². The van der Waals surface area contributed by atoms with Crippen LogP contribution in [0.15, 0.2) is 6.20 Å². The summed E-state index contributed by atoms with van der Waals surface area (Å²) in [5.74, 6) is 0. The van der Waals surface area contributed by atoms with Gasteiger partial charge in [0.25, 0.3) is 0 Å². The van der Waals surface area contributed by atoms with Gasteiger partial charge >= 0.3 is 0 Å². The molecule has 0 bridgehead atoms. The maximum absolute atomic E-state index is 5.74. The van der Waals surface area contributed by atoms with E-state index in [4.69, 9.17) is 4.74 Å². The van der Waals surface area contributed by atoms with Crippen LogP contribution in [0.5, 0.6) is 0 Å². The highest BCUT2D eigenvalue weighted by Gasteiger charge is 2.16. The summed E-state index contributed by atoms with van der Waals surface area (Å²) in [5.41, 5.74) is 0. The third-order valence-corrected chi connectivity index (χ3v) is 4.02. The predicted molar refractivity (Wildman–Crippen MR) is 71.4 cm³/mol. The van der Waals surface area contributed by atoms with Crippen molar-refractivity contribution >= 4 is 11.3 Å². The van der Waals surface area contributed by atoms with Gasteiger partial charge in [0.15, 0.2) is 0 Å². The molecule has 1 atom stereocenters. The number of ether oxygens (including phenoxy) is 1. The molecule has 2 rings (SSSR count). The SMILES string of the molecule is CCCNCc1cnc(CC2CCCCO2)s1. The molecule has 0 saturated carbocycles. The van der Waals surface area contributed by atoms with Crippen LogP contribution < -0.4 is 5.32 Å². The molecule has 1 aromatic heterocycles. The zero-order valence-corrected chi connectivity index (χ0v) is 11.4. The first-order valence-corrected chi connectivity index (χ1v) is 7.46. The van der Waals surface area contributed by atoms with E-state index >= 15 is 0 Å². The van der Waals surface area contributed by atoms with Crippen molar-refractivity contribution in [1.29, 1.82) is 0 Å². The highest BCUT2D eigenvalue weighted by atomic mass is 32.1. The van der Waals surface area contributed by atoms with Crippen LogP contribution in [0, 0.1) is 0 Å². The van der Waals surface area contributed by atoms with E-state index in [0.717, 1.165) is 26.1 Å². The second kappa shape index (κ2) is 7.09. The zero-order valence-electron chi connectivity index (χ0n) is 10.6. The van der Waals surface area contributed by atoms with E-state index in [1.165, 1.54) is 35.6 Å². The zero-order chi connectivity index (χ0) is 11.9. The number of rotatable bonds is 6. The van der Waals surface area contributed by atoms with Crippen molar-refractivity contribution in [2.75, 3.05) is 13.2 Å². The average molecular weight is 254 g/mol. The van der Waals surface area contributed by atoms with Crippen LogP contribution in [0.1, 0.15) is 42.5 Å². The molecule has 1 aliphatic rings. The van der Waals surface area contributed by atoms with Crippen LogP contribution >= 0.6 is 11.3 Å². The van der Waals surface area contributed by atoms with Gasteiger partial charge in [-0.2, -0.15) is 0 Å². The highest BCUT2D eigenvalue weighted by Crippen LogP contribution is 2.20. The molecule has 0 amide bonds. The fourth-order valence-electron chi connectivity index (χ4n) is 2.08. The quantitative estimate of drug-likeness (QED) is 0.793. The molecule has 0 aliphatic carbocycles. The van der Waals surface area contributed by atoms with Crippen LogP contribution in [0.25, 0.3) is 0 Å². The second-order valence-corrected chi connectivity index (χ2v) is 5.79. The molecule has 1 N–H and O–H groups in total. The lowest BCUT2D eigenvalue weighted by Gasteiger charge is -2.21. The van der Waals surface area contributed by atoms with Gasteiger partial charge in [-0.1, -0.05) is 6.92 Å². The van der Waals surface area contributed by atoms with Crippen LogP contribution in [0.3, 0.4) is 0 Å². The van der Waals surface area contributed by atoms with Crippen LogP contribution in [-0.4, -0.2) is 24.2 Å². The van der Waals surface area contributed by atoms with Crippen molar-refractivity contribution in [2.24, 2.45) is 0 Å². The summed E-state index contributed by atoms with van der Waals surface area (Å²) in [5, 5.41) is 4.63. The minimum absolute atomic E-state index is 0.409. The highest BCUT2D eigenvalue weighted by molar-refractivity contribution is 7.11. The number of hydrogen-bond donors (Lipinski definition) is 1. The van der Waals surface area contributed by atoms with Gasteiger partial charge in [0.1, 0.15) is 0 Å². The Morgan fingerprint density at radius 1 is 1.53 bits per heavy atom. The van der Waals surface area contributed by atoms with Gasteiger partial charge in [-0.25, -0.2) is 4.98 Å². The Bertz CT molecular complexity index is 321. The second-order valence-electron chi connectivity index (χ2n) is 4.59. The van der Waals surface area contributed by atoms with Gasteiger partial charge in [-0.3, -0.25) is 0 Å². The Labute approximate surface area is 108 Å². The van der Waals surface area contributed by atoms with Gasteiger partial charge in [0.2, 0.25) is 0 Å². The van der Waals surface area contributed by atoms with Crippen LogP contribution in [0.2, 0.25) is 0 Å². The van der Waals surface area contributed by atoms with Gasteiger partial charge < -0.3 is 10.1 Å². The number of nitrogens with one attached hydrogen (secondary N) is 1. The molecule has 1 aliphatic heterocycles. The molecule has 0 aromatic carbocycles. The van der Waals surface area contributed by atoms with Gasteiger partial charge in [0, 0.05) is 30.6 Å². The molecule has 2 heterocycles. The smallest absolute Gasteiger partial charge is 0.0954 e. The molecule has 4 heteroatoms. The summed E-state index contributed by atoms with van der Waals surface area (Å²) in [7, 11) is 0. The number of nitrogens with zero attached hydrogens (tertiary/aromatic N) is 1. The lowest BCUT2D eigenvalue weighted by Crippen LogP contribution is -2.21. The molecule has 0 radical (unpaired) electrons. The standard InChI is InChI=1S/C13H22N2OS/c1-2-6-14-9-12-10-15-13(17-12)8-11-5-3-4-7-16-11/h10-11,14H,2-9H2,1H3. The van der Waals surface area contributed by atoms with Crippen molar-refractivity contribution in [2.45, 2.75) is 51.7 Å². The van der Waals surface area contributed by atoms with E-state index < -0.39 is 0 Å². The minimum Gasteiger partial charge on any atom is -0.378 e. The Morgan fingerprint density at radius 2 is 2.47 bits per heavy atom. The van der Waals surface area contributed by atoms with E-state index in [2.05, 4.69) is 17.2 Å². The molecule has 1 saturated heterocycles. The molecular formula is C13H22N2OS. The monoisotopic (exact) mass is 254 g/mol. The number of aromatic nitrogens is 1. The Hall–Kier alpha value is -0.450. The summed E-state index contributed by atoms with van der Waals surface area (Å²) >= 11 is 1.82. The Morgan fingerprint density at radius 3 is 3.24 bits per heavy atom. The Balaban J connectivity index is 1.76. The van der Waals surface area contributed by atoms with Gasteiger partial charge in [0.05, 0.1) is 11.1 Å². The largest absolute Gasteiger partial charge is 0.378 e. The fraction of sp³-hybridized carbons (Fsp3) is 0.769. The van der Waals surface area contributed by atoms with Crippen molar-refractivity contribution in [3.05, 3.63) is 16.1 Å². The van der Waals surface area contributed by atoms with Gasteiger partial charge in [-0.15, -0.1) is 11.3 Å². The summed E-state index contributed by atoms with van der Waals surface area (Å²) in [6.07, 6.45) is 8.32. The molecule has 0 spiro atoms. The summed E-state index contributed by atoms with van der Waals surface area (Å²) in [6.45, 7) is 5.16. The topological polar surface area (TPSA) is 34.2 Å².